The molecule has 4 heteroatoms. The molecular weight excluding hydrogens is 195 g/mol. The van der Waals surface area contributed by atoms with Gasteiger partial charge in [0.1, 0.15) is 5.82 Å². The van der Waals surface area contributed by atoms with E-state index in [1.807, 2.05) is 0 Å². The van der Waals surface area contributed by atoms with Crippen LogP contribution in [0.25, 0.3) is 0 Å². The van der Waals surface area contributed by atoms with Crippen molar-refractivity contribution in [2.24, 2.45) is 0 Å². The van der Waals surface area contributed by atoms with Gasteiger partial charge in [0, 0.05) is 18.9 Å². The zero-order chi connectivity index (χ0) is 10.7. The SMILES string of the molecule is O=c1[nH]ccn1CCc1ccccc1F. The minimum atomic E-state index is -0.221. The van der Waals surface area contributed by atoms with Gasteiger partial charge in [0.25, 0.3) is 0 Å². The number of nitrogens with zero attached hydrogens (tertiary/aromatic N) is 1. The fraction of sp³-hybridized carbons (Fsp3) is 0.182. The summed E-state index contributed by atoms with van der Waals surface area (Å²) < 4.78 is 14.7. The van der Waals surface area contributed by atoms with Crippen LogP contribution in [0.3, 0.4) is 0 Å². The molecule has 0 spiro atoms. The molecule has 0 fully saturated rings. The summed E-state index contributed by atoms with van der Waals surface area (Å²) in [6.07, 6.45) is 3.75. The van der Waals surface area contributed by atoms with Crippen LogP contribution in [0.5, 0.6) is 0 Å². The molecule has 1 aromatic heterocycles. The van der Waals surface area contributed by atoms with Crippen LogP contribution in [0.15, 0.2) is 41.5 Å². The topological polar surface area (TPSA) is 37.8 Å². The van der Waals surface area contributed by atoms with Gasteiger partial charge in [0.05, 0.1) is 0 Å². The van der Waals surface area contributed by atoms with E-state index in [4.69, 9.17) is 0 Å². The average Bonchev–Trinajstić information content (AvgIpc) is 2.63. The van der Waals surface area contributed by atoms with Gasteiger partial charge in [-0.3, -0.25) is 4.57 Å². The van der Waals surface area contributed by atoms with Crippen molar-refractivity contribution < 1.29 is 4.39 Å². The molecule has 0 aliphatic rings. The first-order valence-electron chi connectivity index (χ1n) is 4.74. The highest BCUT2D eigenvalue weighted by Crippen LogP contribution is 2.07. The maximum Gasteiger partial charge on any atom is 0.325 e. The number of aromatic amines is 1. The highest BCUT2D eigenvalue weighted by Gasteiger charge is 2.01. The lowest BCUT2D eigenvalue weighted by Gasteiger charge is -2.02. The standard InChI is InChI=1S/C11H11FN2O/c12-10-4-2-1-3-9(10)5-7-14-8-6-13-11(14)15/h1-4,6,8H,5,7H2,(H,13,15). The van der Waals surface area contributed by atoms with Crippen molar-refractivity contribution in [1.29, 1.82) is 0 Å². The van der Waals surface area contributed by atoms with E-state index in [0.717, 1.165) is 0 Å². The molecule has 0 amide bonds. The maximum atomic E-state index is 13.2. The third-order valence-corrected chi connectivity index (χ3v) is 2.30. The molecule has 0 radical (unpaired) electrons. The van der Waals surface area contributed by atoms with E-state index in [1.165, 1.54) is 10.6 Å². The molecule has 78 valence electrons. The molecule has 2 aromatic rings. The minimum Gasteiger partial charge on any atom is -0.313 e. The summed E-state index contributed by atoms with van der Waals surface area (Å²) in [5.74, 6) is -0.221. The summed E-state index contributed by atoms with van der Waals surface area (Å²) in [5, 5.41) is 0. The quantitative estimate of drug-likeness (QED) is 0.813. The van der Waals surface area contributed by atoms with Crippen molar-refractivity contribution in [3.05, 3.63) is 58.5 Å². The number of aryl methyl sites for hydroxylation is 2. The predicted octanol–water partition coefficient (Wildman–Crippen LogP) is 1.56. The van der Waals surface area contributed by atoms with E-state index in [9.17, 15) is 9.18 Å². The van der Waals surface area contributed by atoms with Gasteiger partial charge in [-0.25, -0.2) is 9.18 Å². The fourth-order valence-electron chi connectivity index (χ4n) is 1.47. The van der Waals surface area contributed by atoms with E-state index < -0.39 is 0 Å². The molecular formula is C11H11FN2O. The number of hydrogen-bond acceptors (Lipinski definition) is 1. The Bertz CT molecular complexity index is 501. The first-order chi connectivity index (χ1) is 7.27. The molecule has 1 N–H and O–H groups in total. The number of nitrogens with one attached hydrogen (secondary N) is 1. The first-order valence-corrected chi connectivity index (χ1v) is 4.74. The van der Waals surface area contributed by atoms with E-state index in [2.05, 4.69) is 4.98 Å². The molecule has 0 atom stereocenters. The third kappa shape index (κ3) is 2.15. The van der Waals surface area contributed by atoms with E-state index in [1.54, 1.807) is 30.6 Å². The molecule has 0 saturated carbocycles. The third-order valence-electron chi connectivity index (χ3n) is 2.30. The van der Waals surface area contributed by atoms with Crippen LogP contribution in [-0.4, -0.2) is 9.55 Å². The molecule has 0 saturated heterocycles. The summed E-state index contributed by atoms with van der Waals surface area (Å²) >= 11 is 0. The van der Waals surface area contributed by atoms with Crippen LogP contribution in [0, 0.1) is 5.82 Å². The van der Waals surface area contributed by atoms with Gasteiger partial charge >= 0.3 is 5.69 Å². The number of aromatic nitrogens is 2. The molecule has 3 nitrogen and oxygen atoms in total. The summed E-state index contributed by atoms with van der Waals surface area (Å²) in [4.78, 5) is 13.7. The Morgan fingerprint density at radius 1 is 1.33 bits per heavy atom. The predicted molar refractivity (Wildman–Crippen MR) is 55.2 cm³/mol. The summed E-state index contributed by atoms with van der Waals surface area (Å²) in [6.45, 7) is 0.489. The van der Waals surface area contributed by atoms with Crippen molar-refractivity contribution in [2.45, 2.75) is 13.0 Å². The van der Waals surface area contributed by atoms with Gasteiger partial charge < -0.3 is 4.98 Å². The second-order valence-electron chi connectivity index (χ2n) is 3.30. The van der Waals surface area contributed by atoms with Crippen molar-refractivity contribution in [3.8, 4) is 0 Å². The number of hydrogen-bond donors (Lipinski definition) is 1. The number of imidazole rings is 1. The van der Waals surface area contributed by atoms with Gasteiger partial charge in [-0.05, 0) is 18.1 Å². The monoisotopic (exact) mass is 206 g/mol. The molecule has 2 rings (SSSR count). The highest BCUT2D eigenvalue weighted by atomic mass is 19.1. The normalized spacial score (nSPS) is 10.5. The van der Waals surface area contributed by atoms with Crippen molar-refractivity contribution in [2.75, 3.05) is 0 Å². The van der Waals surface area contributed by atoms with E-state index in [0.29, 0.717) is 18.5 Å². The molecule has 0 bridgehead atoms. The molecule has 1 heterocycles. The van der Waals surface area contributed by atoms with Gasteiger partial charge in [-0.15, -0.1) is 0 Å². The number of benzene rings is 1. The molecule has 0 aliphatic carbocycles. The lowest BCUT2D eigenvalue weighted by Crippen LogP contribution is -2.17. The van der Waals surface area contributed by atoms with Crippen LogP contribution in [-0.2, 0) is 13.0 Å². The van der Waals surface area contributed by atoms with Crippen LogP contribution in [0.2, 0.25) is 0 Å². The Balaban J connectivity index is 2.09. The Kier molecular flexibility index (Phi) is 2.67. The second-order valence-corrected chi connectivity index (χ2v) is 3.30. The zero-order valence-electron chi connectivity index (χ0n) is 8.11. The number of H-pyrrole nitrogens is 1. The van der Waals surface area contributed by atoms with Gasteiger partial charge in [0.2, 0.25) is 0 Å². The number of rotatable bonds is 3. The minimum absolute atomic E-state index is 0.161. The molecule has 15 heavy (non-hydrogen) atoms. The van der Waals surface area contributed by atoms with Gasteiger partial charge in [0.15, 0.2) is 0 Å². The Morgan fingerprint density at radius 2 is 2.13 bits per heavy atom. The Morgan fingerprint density at radius 3 is 2.80 bits per heavy atom. The van der Waals surface area contributed by atoms with Crippen LogP contribution in [0.1, 0.15) is 5.56 Å². The zero-order valence-corrected chi connectivity index (χ0v) is 8.11. The second kappa shape index (κ2) is 4.13. The number of halogens is 1. The average molecular weight is 206 g/mol. The van der Waals surface area contributed by atoms with Crippen LogP contribution < -0.4 is 5.69 Å². The smallest absolute Gasteiger partial charge is 0.313 e. The lowest BCUT2D eigenvalue weighted by molar-refractivity contribution is 0.589. The van der Waals surface area contributed by atoms with Crippen LogP contribution >= 0.6 is 0 Å². The first kappa shape index (κ1) is 9.71. The highest BCUT2D eigenvalue weighted by molar-refractivity contribution is 5.17. The van der Waals surface area contributed by atoms with Gasteiger partial charge in [-0.1, -0.05) is 18.2 Å². The summed E-state index contributed by atoms with van der Waals surface area (Å²) in [6, 6.07) is 6.60. The molecule has 0 aliphatic heterocycles. The molecule has 1 aromatic carbocycles. The van der Waals surface area contributed by atoms with Crippen LogP contribution in [0.4, 0.5) is 4.39 Å². The van der Waals surface area contributed by atoms with E-state index in [-0.39, 0.29) is 11.5 Å². The van der Waals surface area contributed by atoms with Crippen molar-refractivity contribution >= 4 is 0 Å². The van der Waals surface area contributed by atoms with E-state index >= 15 is 0 Å². The van der Waals surface area contributed by atoms with Gasteiger partial charge in [-0.2, -0.15) is 0 Å². The summed E-state index contributed by atoms with van der Waals surface area (Å²) in [5.41, 5.74) is 0.469. The Hall–Kier alpha value is -1.84. The summed E-state index contributed by atoms with van der Waals surface area (Å²) in [7, 11) is 0. The van der Waals surface area contributed by atoms with Crippen molar-refractivity contribution in [1.82, 2.24) is 9.55 Å². The largest absolute Gasteiger partial charge is 0.325 e. The maximum absolute atomic E-state index is 13.2. The lowest BCUT2D eigenvalue weighted by atomic mass is 10.1. The molecule has 0 unspecified atom stereocenters. The van der Waals surface area contributed by atoms with Crippen molar-refractivity contribution in [3.63, 3.8) is 0 Å². The Labute approximate surface area is 86.2 Å². The fourth-order valence-corrected chi connectivity index (χ4v) is 1.47.